The van der Waals surface area contributed by atoms with Crippen LogP contribution >= 0.6 is 11.8 Å². The summed E-state index contributed by atoms with van der Waals surface area (Å²) in [4.78, 5) is 8.10. The third kappa shape index (κ3) is 4.26. The number of nitrogen functional groups attached to an aromatic ring is 1. The van der Waals surface area contributed by atoms with Crippen LogP contribution in [0.3, 0.4) is 0 Å². The Hall–Kier alpha value is -0.970. The van der Waals surface area contributed by atoms with E-state index in [4.69, 9.17) is 5.73 Å². The number of anilines is 2. The van der Waals surface area contributed by atoms with Crippen LogP contribution in [0.25, 0.3) is 0 Å². The number of aromatic nitrogens is 2. The van der Waals surface area contributed by atoms with Crippen molar-refractivity contribution in [3.8, 4) is 0 Å². The van der Waals surface area contributed by atoms with E-state index in [9.17, 15) is 0 Å². The molecule has 0 aliphatic rings. The van der Waals surface area contributed by atoms with E-state index in [1.807, 2.05) is 18.7 Å². The minimum Gasteiger partial charge on any atom is -0.383 e. The van der Waals surface area contributed by atoms with Gasteiger partial charge in [0.15, 0.2) is 0 Å². The smallest absolute Gasteiger partial charge is 0.134 e. The highest BCUT2D eigenvalue weighted by Gasteiger charge is 2.02. The quantitative estimate of drug-likeness (QED) is 0.716. The van der Waals surface area contributed by atoms with E-state index in [-0.39, 0.29) is 0 Å². The Morgan fingerprint density at radius 1 is 1.31 bits per heavy atom. The molecule has 0 spiro atoms. The van der Waals surface area contributed by atoms with Gasteiger partial charge >= 0.3 is 0 Å². The van der Waals surface area contributed by atoms with Crippen molar-refractivity contribution in [1.82, 2.24) is 9.97 Å². The third-order valence-electron chi connectivity index (χ3n) is 2.44. The maximum atomic E-state index is 5.70. The van der Waals surface area contributed by atoms with Crippen LogP contribution < -0.4 is 11.1 Å². The molecule has 0 unspecified atom stereocenters. The van der Waals surface area contributed by atoms with Gasteiger partial charge in [0, 0.05) is 12.1 Å². The second-order valence-corrected chi connectivity index (χ2v) is 4.70. The zero-order valence-corrected chi connectivity index (χ0v) is 10.8. The first-order chi connectivity index (χ1) is 7.75. The topological polar surface area (TPSA) is 63.8 Å². The summed E-state index contributed by atoms with van der Waals surface area (Å²) >= 11 is 1.90. The van der Waals surface area contributed by atoms with Crippen LogP contribution in [0.4, 0.5) is 11.6 Å². The van der Waals surface area contributed by atoms with Crippen molar-refractivity contribution in [2.24, 2.45) is 0 Å². The van der Waals surface area contributed by atoms with Crippen LogP contribution in [0.5, 0.6) is 0 Å². The molecular weight excluding hydrogens is 220 g/mol. The molecule has 1 aromatic rings. The van der Waals surface area contributed by atoms with Crippen LogP contribution in [0, 0.1) is 6.92 Å². The molecule has 0 atom stereocenters. The van der Waals surface area contributed by atoms with E-state index >= 15 is 0 Å². The summed E-state index contributed by atoms with van der Waals surface area (Å²) in [6.07, 6.45) is 7.36. The Labute approximate surface area is 101 Å². The highest BCUT2D eigenvalue weighted by atomic mass is 32.2. The molecule has 16 heavy (non-hydrogen) atoms. The van der Waals surface area contributed by atoms with E-state index in [0.29, 0.717) is 5.82 Å². The molecule has 0 aliphatic heterocycles. The van der Waals surface area contributed by atoms with Crippen LogP contribution in [-0.2, 0) is 0 Å². The fraction of sp³-hybridized carbons (Fsp3) is 0.636. The van der Waals surface area contributed by atoms with Gasteiger partial charge in [-0.1, -0.05) is 6.42 Å². The minimum atomic E-state index is 0.555. The SMILES string of the molecule is CSCCCCCNc1ncnc(N)c1C. The second kappa shape index (κ2) is 7.33. The molecule has 1 aromatic heterocycles. The van der Waals surface area contributed by atoms with Crippen LogP contribution in [0.15, 0.2) is 6.33 Å². The maximum absolute atomic E-state index is 5.70. The van der Waals surface area contributed by atoms with Gasteiger partial charge in [-0.3, -0.25) is 0 Å². The molecule has 4 nitrogen and oxygen atoms in total. The summed E-state index contributed by atoms with van der Waals surface area (Å²) in [6, 6.07) is 0. The zero-order chi connectivity index (χ0) is 11.8. The van der Waals surface area contributed by atoms with Crippen molar-refractivity contribution in [2.45, 2.75) is 26.2 Å². The summed E-state index contributed by atoms with van der Waals surface area (Å²) in [5.74, 6) is 2.66. The number of nitrogens with zero attached hydrogens (tertiary/aromatic N) is 2. The molecule has 0 fully saturated rings. The fourth-order valence-corrected chi connectivity index (χ4v) is 1.89. The summed E-state index contributed by atoms with van der Waals surface area (Å²) in [6.45, 7) is 2.89. The zero-order valence-electron chi connectivity index (χ0n) is 9.99. The van der Waals surface area contributed by atoms with Gasteiger partial charge < -0.3 is 11.1 Å². The lowest BCUT2D eigenvalue weighted by Crippen LogP contribution is -2.07. The Kier molecular flexibility index (Phi) is 6.00. The van der Waals surface area contributed by atoms with E-state index < -0.39 is 0 Å². The lowest BCUT2D eigenvalue weighted by Gasteiger charge is -2.08. The normalized spacial score (nSPS) is 10.4. The molecule has 90 valence electrons. The van der Waals surface area contributed by atoms with Gasteiger partial charge in [0.05, 0.1) is 0 Å². The van der Waals surface area contributed by atoms with Crippen LogP contribution in [-0.4, -0.2) is 28.5 Å². The first-order valence-corrected chi connectivity index (χ1v) is 6.95. The van der Waals surface area contributed by atoms with Gasteiger partial charge in [-0.2, -0.15) is 11.8 Å². The highest BCUT2D eigenvalue weighted by molar-refractivity contribution is 7.98. The summed E-state index contributed by atoms with van der Waals surface area (Å²) in [5, 5.41) is 3.29. The van der Waals surface area contributed by atoms with Gasteiger partial charge in [0.2, 0.25) is 0 Å². The van der Waals surface area contributed by atoms with Crippen molar-refractivity contribution in [3.05, 3.63) is 11.9 Å². The Morgan fingerprint density at radius 3 is 2.88 bits per heavy atom. The average Bonchev–Trinajstić information content (AvgIpc) is 2.29. The molecule has 0 aliphatic carbocycles. The Morgan fingerprint density at radius 2 is 2.12 bits per heavy atom. The molecule has 0 radical (unpaired) electrons. The van der Waals surface area contributed by atoms with Crippen LogP contribution in [0.2, 0.25) is 0 Å². The second-order valence-electron chi connectivity index (χ2n) is 3.71. The van der Waals surface area contributed by atoms with Crippen molar-refractivity contribution < 1.29 is 0 Å². The highest BCUT2D eigenvalue weighted by Crippen LogP contribution is 2.14. The van der Waals surface area contributed by atoms with Gasteiger partial charge in [0.25, 0.3) is 0 Å². The standard InChI is InChI=1S/C11H20N4S/c1-9-10(12)14-8-15-11(9)13-6-4-3-5-7-16-2/h8H,3-7H2,1-2H3,(H3,12,13,14,15). The van der Waals surface area contributed by atoms with Gasteiger partial charge in [-0.15, -0.1) is 0 Å². The van der Waals surface area contributed by atoms with Crippen molar-refractivity contribution in [2.75, 3.05) is 29.6 Å². The molecule has 3 N–H and O–H groups in total. The Balaban J connectivity index is 2.24. The first-order valence-electron chi connectivity index (χ1n) is 5.55. The number of unbranched alkanes of at least 4 members (excludes halogenated alkanes) is 2. The van der Waals surface area contributed by atoms with Gasteiger partial charge in [0.1, 0.15) is 18.0 Å². The molecule has 5 heteroatoms. The van der Waals surface area contributed by atoms with E-state index in [2.05, 4.69) is 21.5 Å². The average molecular weight is 240 g/mol. The first kappa shape index (κ1) is 13.1. The number of rotatable bonds is 7. The predicted octanol–water partition coefficient (Wildman–Crippen LogP) is 2.31. The molecule has 0 amide bonds. The number of thioether (sulfide) groups is 1. The lowest BCUT2D eigenvalue weighted by molar-refractivity contribution is 0.747. The van der Waals surface area contributed by atoms with E-state index in [1.165, 1.54) is 31.3 Å². The van der Waals surface area contributed by atoms with Crippen molar-refractivity contribution >= 4 is 23.4 Å². The van der Waals surface area contributed by atoms with E-state index in [0.717, 1.165) is 17.9 Å². The van der Waals surface area contributed by atoms with Crippen molar-refractivity contribution in [3.63, 3.8) is 0 Å². The molecule has 1 rings (SSSR count). The number of hydrogen-bond donors (Lipinski definition) is 2. The molecular formula is C11H20N4S. The molecule has 1 heterocycles. The number of hydrogen-bond acceptors (Lipinski definition) is 5. The summed E-state index contributed by atoms with van der Waals surface area (Å²) in [5.41, 5.74) is 6.63. The summed E-state index contributed by atoms with van der Waals surface area (Å²) < 4.78 is 0. The molecule has 0 saturated heterocycles. The predicted molar refractivity (Wildman–Crippen MR) is 71.9 cm³/mol. The summed E-state index contributed by atoms with van der Waals surface area (Å²) in [7, 11) is 0. The third-order valence-corrected chi connectivity index (χ3v) is 3.14. The van der Waals surface area contributed by atoms with Crippen molar-refractivity contribution in [1.29, 1.82) is 0 Å². The van der Waals surface area contributed by atoms with Gasteiger partial charge in [-0.05, 0) is 31.8 Å². The molecule has 0 saturated carbocycles. The van der Waals surface area contributed by atoms with Gasteiger partial charge in [-0.25, -0.2) is 9.97 Å². The molecule has 0 bridgehead atoms. The Bertz CT molecular complexity index is 317. The van der Waals surface area contributed by atoms with Crippen LogP contribution in [0.1, 0.15) is 24.8 Å². The molecule has 0 aromatic carbocycles. The number of nitrogens with two attached hydrogens (primary N) is 1. The lowest BCUT2D eigenvalue weighted by atomic mass is 10.2. The minimum absolute atomic E-state index is 0.555. The largest absolute Gasteiger partial charge is 0.383 e. The fourth-order valence-electron chi connectivity index (χ4n) is 1.40. The number of nitrogens with one attached hydrogen (secondary N) is 1. The maximum Gasteiger partial charge on any atom is 0.134 e. The van der Waals surface area contributed by atoms with E-state index in [1.54, 1.807) is 0 Å². The monoisotopic (exact) mass is 240 g/mol.